The van der Waals surface area contributed by atoms with Crippen molar-refractivity contribution in [3.8, 4) is 0 Å². The number of carbonyl (C=O) groups excluding carboxylic acids is 1. The molecule has 8 nitrogen and oxygen atoms in total. The molecule has 1 saturated heterocycles. The van der Waals surface area contributed by atoms with Gasteiger partial charge in [0, 0.05) is 29.2 Å². The standard InChI is InChI=1S/C18H18ClN3O5S/c19-15-4-2-1-3-13(15)10-20-16-6-5-12(9-17(16)22(24)25)18(23)21-14-7-8-28(26,27)11-14/h1-6,9,14,20H,7-8,10-11H2,(H,21,23). The lowest BCUT2D eigenvalue weighted by Gasteiger charge is -2.12. The summed E-state index contributed by atoms with van der Waals surface area (Å²) in [4.78, 5) is 23.2. The van der Waals surface area contributed by atoms with E-state index in [1.165, 1.54) is 18.2 Å². The number of benzene rings is 2. The van der Waals surface area contributed by atoms with Gasteiger partial charge in [-0.15, -0.1) is 0 Å². The van der Waals surface area contributed by atoms with Gasteiger partial charge in [0.05, 0.1) is 16.4 Å². The normalized spacial score (nSPS) is 17.8. The SMILES string of the molecule is O=C(NC1CCS(=O)(=O)C1)c1ccc(NCc2ccccc2Cl)c([N+](=O)[O-])c1. The van der Waals surface area contributed by atoms with Crippen LogP contribution in [0.4, 0.5) is 11.4 Å². The van der Waals surface area contributed by atoms with Crippen LogP contribution in [0.5, 0.6) is 0 Å². The molecular weight excluding hydrogens is 406 g/mol. The van der Waals surface area contributed by atoms with Crippen LogP contribution in [-0.4, -0.2) is 36.8 Å². The summed E-state index contributed by atoms with van der Waals surface area (Å²) in [6.07, 6.45) is 0.341. The average molecular weight is 424 g/mol. The maximum absolute atomic E-state index is 12.4. The average Bonchev–Trinajstić information content (AvgIpc) is 2.99. The number of amides is 1. The summed E-state index contributed by atoms with van der Waals surface area (Å²) in [7, 11) is -3.13. The largest absolute Gasteiger partial charge is 0.375 e. The predicted molar refractivity (Wildman–Crippen MR) is 106 cm³/mol. The molecule has 3 rings (SSSR count). The maximum atomic E-state index is 12.4. The zero-order valence-electron chi connectivity index (χ0n) is 14.7. The summed E-state index contributed by atoms with van der Waals surface area (Å²) in [5.74, 6) is -0.621. The third-order valence-electron chi connectivity index (χ3n) is 4.45. The molecule has 1 unspecified atom stereocenters. The second-order valence-electron chi connectivity index (χ2n) is 6.51. The molecule has 1 aliphatic rings. The topological polar surface area (TPSA) is 118 Å². The van der Waals surface area contributed by atoms with Crippen LogP contribution in [0.1, 0.15) is 22.3 Å². The van der Waals surface area contributed by atoms with E-state index in [0.717, 1.165) is 5.56 Å². The minimum Gasteiger partial charge on any atom is -0.375 e. The van der Waals surface area contributed by atoms with Crippen molar-refractivity contribution in [1.82, 2.24) is 5.32 Å². The highest BCUT2D eigenvalue weighted by atomic mass is 35.5. The highest BCUT2D eigenvalue weighted by molar-refractivity contribution is 7.91. The molecule has 1 amide bonds. The number of halogens is 1. The highest BCUT2D eigenvalue weighted by Crippen LogP contribution is 2.27. The van der Waals surface area contributed by atoms with Crippen LogP contribution in [0.15, 0.2) is 42.5 Å². The number of sulfone groups is 1. The molecule has 0 radical (unpaired) electrons. The first kappa shape index (κ1) is 20.1. The molecule has 0 saturated carbocycles. The lowest BCUT2D eigenvalue weighted by molar-refractivity contribution is -0.384. The second-order valence-corrected chi connectivity index (χ2v) is 9.14. The molecule has 1 heterocycles. The number of nitro groups is 1. The van der Waals surface area contributed by atoms with Crippen molar-refractivity contribution < 1.29 is 18.1 Å². The molecule has 10 heteroatoms. The van der Waals surface area contributed by atoms with Gasteiger partial charge in [0.1, 0.15) is 5.69 Å². The molecule has 1 aliphatic heterocycles. The lowest BCUT2D eigenvalue weighted by atomic mass is 10.1. The Labute approximate surface area is 167 Å². The van der Waals surface area contributed by atoms with Crippen LogP contribution in [0.3, 0.4) is 0 Å². The summed E-state index contributed by atoms with van der Waals surface area (Å²) >= 11 is 6.09. The van der Waals surface area contributed by atoms with Gasteiger partial charge < -0.3 is 10.6 Å². The second kappa shape index (κ2) is 8.15. The molecular formula is C18H18ClN3O5S. The van der Waals surface area contributed by atoms with Gasteiger partial charge in [0.15, 0.2) is 9.84 Å². The molecule has 1 atom stereocenters. The van der Waals surface area contributed by atoms with Gasteiger partial charge in [-0.25, -0.2) is 8.42 Å². The lowest BCUT2D eigenvalue weighted by Crippen LogP contribution is -2.35. The minimum atomic E-state index is -3.13. The number of hydrogen-bond donors (Lipinski definition) is 2. The van der Waals surface area contributed by atoms with Gasteiger partial charge in [0.25, 0.3) is 11.6 Å². The van der Waals surface area contributed by atoms with E-state index in [1.54, 1.807) is 18.2 Å². The smallest absolute Gasteiger partial charge is 0.293 e. The Bertz CT molecular complexity index is 1030. The number of hydrogen-bond acceptors (Lipinski definition) is 6. The van der Waals surface area contributed by atoms with E-state index in [1.807, 2.05) is 6.07 Å². The molecule has 1 fully saturated rings. The number of nitrogens with one attached hydrogen (secondary N) is 2. The summed E-state index contributed by atoms with van der Waals surface area (Å²) in [5.41, 5.74) is 0.880. The molecule has 148 valence electrons. The first-order valence-electron chi connectivity index (χ1n) is 8.52. The molecule has 28 heavy (non-hydrogen) atoms. The van der Waals surface area contributed by atoms with Crippen molar-refractivity contribution >= 4 is 38.7 Å². The number of nitro benzene ring substituents is 1. The number of carbonyl (C=O) groups is 1. The van der Waals surface area contributed by atoms with Gasteiger partial charge in [-0.2, -0.15) is 0 Å². The van der Waals surface area contributed by atoms with Crippen LogP contribution in [0.25, 0.3) is 0 Å². The molecule has 2 N–H and O–H groups in total. The van der Waals surface area contributed by atoms with E-state index in [4.69, 9.17) is 11.6 Å². The van der Waals surface area contributed by atoms with Gasteiger partial charge >= 0.3 is 0 Å². The summed E-state index contributed by atoms with van der Waals surface area (Å²) in [6, 6.07) is 10.7. The van der Waals surface area contributed by atoms with Gasteiger partial charge in [0.2, 0.25) is 0 Å². The summed E-state index contributed by atoms with van der Waals surface area (Å²) in [5, 5.41) is 17.6. The van der Waals surface area contributed by atoms with E-state index < -0.39 is 26.7 Å². The van der Waals surface area contributed by atoms with E-state index in [-0.39, 0.29) is 35.0 Å². The molecule has 0 aliphatic carbocycles. The monoisotopic (exact) mass is 423 g/mol. The Kier molecular flexibility index (Phi) is 5.85. The van der Waals surface area contributed by atoms with E-state index in [0.29, 0.717) is 11.4 Å². The Balaban J connectivity index is 1.74. The third-order valence-corrected chi connectivity index (χ3v) is 6.59. The van der Waals surface area contributed by atoms with Crippen molar-refractivity contribution in [1.29, 1.82) is 0 Å². The van der Waals surface area contributed by atoms with Crippen molar-refractivity contribution in [2.45, 2.75) is 19.0 Å². The van der Waals surface area contributed by atoms with E-state index >= 15 is 0 Å². The van der Waals surface area contributed by atoms with Crippen molar-refractivity contribution in [3.63, 3.8) is 0 Å². The van der Waals surface area contributed by atoms with Crippen LogP contribution in [0, 0.1) is 10.1 Å². The summed E-state index contributed by atoms with van der Waals surface area (Å²) in [6.45, 7) is 0.284. The number of anilines is 1. The molecule has 0 spiro atoms. The highest BCUT2D eigenvalue weighted by Gasteiger charge is 2.29. The predicted octanol–water partition coefficient (Wildman–Crippen LogP) is 2.78. The Morgan fingerprint density at radius 1 is 1.25 bits per heavy atom. The first-order valence-corrected chi connectivity index (χ1v) is 10.7. The fraction of sp³-hybridized carbons (Fsp3) is 0.278. The molecule has 2 aromatic carbocycles. The van der Waals surface area contributed by atoms with Crippen LogP contribution >= 0.6 is 11.6 Å². The zero-order chi connectivity index (χ0) is 20.3. The van der Waals surface area contributed by atoms with Gasteiger partial charge in [-0.1, -0.05) is 29.8 Å². The van der Waals surface area contributed by atoms with Gasteiger partial charge in [-0.3, -0.25) is 14.9 Å². The fourth-order valence-electron chi connectivity index (χ4n) is 2.98. The quantitative estimate of drug-likeness (QED) is 0.544. The minimum absolute atomic E-state index is 0.0308. The Morgan fingerprint density at radius 2 is 2.00 bits per heavy atom. The molecule has 0 aromatic heterocycles. The maximum Gasteiger partial charge on any atom is 0.293 e. The zero-order valence-corrected chi connectivity index (χ0v) is 16.3. The number of nitrogens with zero attached hydrogens (tertiary/aromatic N) is 1. The van der Waals surface area contributed by atoms with E-state index in [9.17, 15) is 23.3 Å². The van der Waals surface area contributed by atoms with Crippen molar-refractivity contribution in [2.24, 2.45) is 0 Å². The fourth-order valence-corrected chi connectivity index (χ4v) is 4.86. The van der Waals surface area contributed by atoms with Gasteiger partial charge in [-0.05, 0) is 30.2 Å². The Hall–Kier alpha value is -2.65. The van der Waals surface area contributed by atoms with Crippen LogP contribution < -0.4 is 10.6 Å². The first-order chi connectivity index (χ1) is 13.2. The third kappa shape index (κ3) is 4.79. The van der Waals surface area contributed by atoms with Crippen molar-refractivity contribution in [3.05, 3.63) is 68.7 Å². The molecule has 2 aromatic rings. The van der Waals surface area contributed by atoms with Crippen LogP contribution in [-0.2, 0) is 16.4 Å². The Morgan fingerprint density at radius 3 is 2.64 bits per heavy atom. The van der Waals surface area contributed by atoms with Crippen LogP contribution in [0.2, 0.25) is 5.02 Å². The van der Waals surface area contributed by atoms with E-state index in [2.05, 4.69) is 10.6 Å². The summed E-state index contributed by atoms with van der Waals surface area (Å²) < 4.78 is 23.0. The number of rotatable bonds is 6. The molecule has 0 bridgehead atoms. The van der Waals surface area contributed by atoms with Crippen molar-refractivity contribution in [2.75, 3.05) is 16.8 Å².